The van der Waals surface area contributed by atoms with E-state index in [1.165, 1.54) is 0 Å². The molecule has 1 aromatic rings. The molecule has 0 saturated carbocycles. The van der Waals surface area contributed by atoms with Crippen LogP contribution in [-0.2, 0) is 0 Å². The third kappa shape index (κ3) is 2.52. The zero-order valence-electron chi connectivity index (χ0n) is 10.3. The maximum atomic E-state index is 11.5. The summed E-state index contributed by atoms with van der Waals surface area (Å²) < 4.78 is 0. The van der Waals surface area contributed by atoms with E-state index < -0.39 is 5.91 Å². The summed E-state index contributed by atoms with van der Waals surface area (Å²) in [4.78, 5) is 15.8. The molecule has 18 heavy (non-hydrogen) atoms. The first-order chi connectivity index (χ1) is 8.49. The molecular weight excluding hydrogens is 252 g/mol. The summed E-state index contributed by atoms with van der Waals surface area (Å²) in [5.74, 6) is -0.502. The SMILES string of the molecule is CN1CCN(c2c(Cl)cc(N)cc2C(N)=O)CC1. The summed E-state index contributed by atoms with van der Waals surface area (Å²) in [6, 6.07) is 3.24. The quantitative estimate of drug-likeness (QED) is 0.777. The highest BCUT2D eigenvalue weighted by Gasteiger charge is 2.22. The first-order valence-corrected chi connectivity index (χ1v) is 6.19. The van der Waals surface area contributed by atoms with Crippen molar-refractivity contribution in [2.24, 2.45) is 5.73 Å². The van der Waals surface area contributed by atoms with Crippen molar-refractivity contribution in [2.45, 2.75) is 0 Å². The Labute approximate surface area is 111 Å². The van der Waals surface area contributed by atoms with Gasteiger partial charge in [-0.25, -0.2) is 0 Å². The minimum atomic E-state index is -0.502. The van der Waals surface area contributed by atoms with Gasteiger partial charge in [0.1, 0.15) is 0 Å². The van der Waals surface area contributed by atoms with Crippen LogP contribution >= 0.6 is 11.6 Å². The third-order valence-electron chi connectivity index (χ3n) is 3.17. The Hall–Kier alpha value is -1.46. The Balaban J connectivity index is 2.39. The molecule has 1 aromatic carbocycles. The van der Waals surface area contributed by atoms with Gasteiger partial charge in [0.15, 0.2) is 0 Å². The van der Waals surface area contributed by atoms with Gasteiger partial charge in [0.2, 0.25) is 0 Å². The summed E-state index contributed by atoms with van der Waals surface area (Å²) in [5, 5.41) is 0.480. The number of nitrogens with two attached hydrogens (primary N) is 2. The molecule has 0 radical (unpaired) electrons. The predicted octanol–water partition coefficient (Wildman–Crippen LogP) is 0.773. The van der Waals surface area contributed by atoms with Crippen LogP contribution in [0.15, 0.2) is 12.1 Å². The number of hydrogen-bond donors (Lipinski definition) is 2. The van der Waals surface area contributed by atoms with Crippen molar-refractivity contribution < 1.29 is 4.79 Å². The van der Waals surface area contributed by atoms with Crippen LogP contribution in [0, 0.1) is 0 Å². The van der Waals surface area contributed by atoms with Gasteiger partial charge >= 0.3 is 0 Å². The molecule has 0 atom stereocenters. The Bertz CT molecular complexity index is 469. The molecular formula is C12H17ClN4O. The number of carbonyl (C=O) groups is 1. The van der Waals surface area contributed by atoms with Crippen LogP contribution in [0.5, 0.6) is 0 Å². The number of likely N-dealkylation sites (N-methyl/N-ethyl adjacent to an activating group) is 1. The molecule has 0 spiro atoms. The average Bonchev–Trinajstić information content (AvgIpc) is 2.29. The van der Waals surface area contributed by atoms with Crippen LogP contribution in [0.1, 0.15) is 10.4 Å². The lowest BCUT2D eigenvalue weighted by molar-refractivity contribution is 0.100. The number of nitrogens with zero attached hydrogens (tertiary/aromatic N) is 2. The van der Waals surface area contributed by atoms with Gasteiger partial charge < -0.3 is 21.3 Å². The summed E-state index contributed by atoms with van der Waals surface area (Å²) in [5.41, 5.74) is 12.6. The van der Waals surface area contributed by atoms with Gasteiger partial charge in [0, 0.05) is 31.9 Å². The standard InChI is InChI=1S/C12H17ClN4O/c1-16-2-4-17(5-3-16)11-9(12(15)18)6-8(14)7-10(11)13/h6-7H,2-5,14H2,1H3,(H2,15,18). The van der Waals surface area contributed by atoms with Crippen molar-refractivity contribution in [3.8, 4) is 0 Å². The average molecular weight is 269 g/mol. The molecule has 1 fully saturated rings. The van der Waals surface area contributed by atoms with Crippen molar-refractivity contribution in [1.29, 1.82) is 0 Å². The summed E-state index contributed by atoms with van der Waals surface area (Å²) in [6.45, 7) is 3.50. The largest absolute Gasteiger partial charge is 0.399 e. The van der Waals surface area contributed by atoms with Crippen molar-refractivity contribution in [3.05, 3.63) is 22.7 Å². The first-order valence-electron chi connectivity index (χ1n) is 5.81. The fourth-order valence-corrected chi connectivity index (χ4v) is 2.51. The molecule has 4 N–H and O–H groups in total. The van der Waals surface area contributed by atoms with Gasteiger partial charge in [0.25, 0.3) is 5.91 Å². The van der Waals surface area contributed by atoms with Crippen LogP contribution < -0.4 is 16.4 Å². The van der Waals surface area contributed by atoms with E-state index in [9.17, 15) is 4.79 Å². The summed E-state index contributed by atoms with van der Waals surface area (Å²) in [7, 11) is 2.07. The third-order valence-corrected chi connectivity index (χ3v) is 3.46. The highest BCUT2D eigenvalue weighted by molar-refractivity contribution is 6.34. The minimum Gasteiger partial charge on any atom is -0.399 e. The van der Waals surface area contributed by atoms with E-state index in [1.807, 2.05) is 0 Å². The lowest BCUT2D eigenvalue weighted by Crippen LogP contribution is -2.45. The monoisotopic (exact) mass is 268 g/mol. The molecule has 6 heteroatoms. The maximum Gasteiger partial charge on any atom is 0.250 e. The summed E-state index contributed by atoms with van der Waals surface area (Å²) >= 11 is 6.21. The molecule has 1 aliphatic heterocycles. The molecule has 5 nitrogen and oxygen atoms in total. The second-order valence-electron chi connectivity index (χ2n) is 4.55. The Morgan fingerprint density at radius 2 is 1.89 bits per heavy atom. The summed E-state index contributed by atoms with van der Waals surface area (Å²) in [6.07, 6.45) is 0. The predicted molar refractivity (Wildman–Crippen MR) is 74.1 cm³/mol. The molecule has 0 aliphatic carbocycles. The lowest BCUT2D eigenvalue weighted by atomic mass is 10.1. The number of benzene rings is 1. The number of primary amides is 1. The first kappa shape index (κ1) is 13.0. The second-order valence-corrected chi connectivity index (χ2v) is 4.96. The van der Waals surface area contributed by atoms with E-state index in [1.54, 1.807) is 12.1 Å². The van der Waals surface area contributed by atoms with E-state index in [0.717, 1.165) is 26.2 Å². The number of piperazine rings is 1. The number of hydrogen-bond acceptors (Lipinski definition) is 4. The Morgan fingerprint density at radius 3 is 2.44 bits per heavy atom. The molecule has 98 valence electrons. The van der Waals surface area contributed by atoms with Crippen LogP contribution in [0.3, 0.4) is 0 Å². The van der Waals surface area contributed by atoms with Gasteiger partial charge in [0.05, 0.1) is 16.3 Å². The Kier molecular flexibility index (Phi) is 3.63. The molecule has 1 saturated heterocycles. The van der Waals surface area contributed by atoms with Crippen molar-refractivity contribution in [3.63, 3.8) is 0 Å². The maximum absolute atomic E-state index is 11.5. The molecule has 0 aromatic heterocycles. The van der Waals surface area contributed by atoms with Crippen LogP contribution in [-0.4, -0.2) is 44.0 Å². The highest BCUT2D eigenvalue weighted by atomic mass is 35.5. The second kappa shape index (κ2) is 5.04. The Morgan fingerprint density at radius 1 is 1.28 bits per heavy atom. The molecule has 0 unspecified atom stereocenters. The fourth-order valence-electron chi connectivity index (χ4n) is 2.16. The topological polar surface area (TPSA) is 75.6 Å². The molecule has 0 bridgehead atoms. The van der Waals surface area contributed by atoms with Gasteiger partial charge in [-0.1, -0.05) is 11.6 Å². The highest BCUT2D eigenvalue weighted by Crippen LogP contribution is 2.32. The number of halogens is 1. The number of rotatable bonds is 2. The zero-order valence-corrected chi connectivity index (χ0v) is 11.1. The smallest absolute Gasteiger partial charge is 0.250 e. The van der Waals surface area contributed by atoms with Crippen LogP contribution in [0.4, 0.5) is 11.4 Å². The van der Waals surface area contributed by atoms with Gasteiger partial charge in [-0.3, -0.25) is 4.79 Å². The van der Waals surface area contributed by atoms with E-state index in [-0.39, 0.29) is 0 Å². The molecule has 1 aliphatic rings. The number of carbonyl (C=O) groups excluding carboxylic acids is 1. The molecule has 1 heterocycles. The van der Waals surface area contributed by atoms with Crippen LogP contribution in [0.2, 0.25) is 5.02 Å². The normalized spacial score (nSPS) is 16.9. The van der Waals surface area contributed by atoms with Gasteiger partial charge in [-0.05, 0) is 19.2 Å². The van der Waals surface area contributed by atoms with Crippen molar-refractivity contribution in [2.75, 3.05) is 43.9 Å². The number of amides is 1. The minimum absolute atomic E-state index is 0.393. The van der Waals surface area contributed by atoms with Gasteiger partial charge in [-0.15, -0.1) is 0 Å². The van der Waals surface area contributed by atoms with E-state index in [2.05, 4.69) is 16.8 Å². The fraction of sp³-hybridized carbons (Fsp3) is 0.417. The van der Waals surface area contributed by atoms with Crippen molar-refractivity contribution >= 4 is 28.9 Å². The zero-order chi connectivity index (χ0) is 13.3. The van der Waals surface area contributed by atoms with E-state index in [4.69, 9.17) is 23.1 Å². The molecule has 2 rings (SSSR count). The lowest BCUT2D eigenvalue weighted by Gasteiger charge is -2.35. The van der Waals surface area contributed by atoms with E-state index in [0.29, 0.717) is 22.0 Å². The van der Waals surface area contributed by atoms with Crippen molar-refractivity contribution in [1.82, 2.24) is 4.90 Å². The van der Waals surface area contributed by atoms with Crippen LogP contribution in [0.25, 0.3) is 0 Å². The molecule has 1 amide bonds. The number of nitrogen functional groups attached to an aromatic ring is 1. The number of anilines is 2. The van der Waals surface area contributed by atoms with Gasteiger partial charge in [-0.2, -0.15) is 0 Å². The van der Waals surface area contributed by atoms with E-state index >= 15 is 0 Å².